The van der Waals surface area contributed by atoms with Crippen LogP contribution in [0, 0.1) is 13.8 Å². The first kappa shape index (κ1) is 25.2. The van der Waals surface area contributed by atoms with Gasteiger partial charge in [0.25, 0.3) is 0 Å². The lowest BCUT2D eigenvalue weighted by atomic mass is 10.0. The zero-order valence-electron chi connectivity index (χ0n) is 21.0. The second-order valence-electron chi connectivity index (χ2n) is 9.40. The Morgan fingerprint density at radius 2 is 1.58 bits per heavy atom. The van der Waals surface area contributed by atoms with Crippen molar-refractivity contribution in [1.82, 2.24) is 14.7 Å². The Morgan fingerprint density at radius 3 is 2.25 bits per heavy atom. The Labute approximate surface area is 211 Å². The van der Waals surface area contributed by atoms with Crippen LogP contribution in [-0.4, -0.2) is 77.8 Å². The normalized spacial score (nSPS) is 16.8. The summed E-state index contributed by atoms with van der Waals surface area (Å²) < 4.78 is 4.82. The van der Waals surface area contributed by atoms with Crippen molar-refractivity contribution in [1.29, 1.82) is 0 Å². The summed E-state index contributed by atoms with van der Waals surface area (Å²) in [5.41, 5.74) is 3.74. The van der Waals surface area contributed by atoms with E-state index >= 15 is 0 Å². The Balaban J connectivity index is 1.32. The van der Waals surface area contributed by atoms with Crippen LogP contribution in [0.3, 0.4) is 0 Å². The van der Waals surface area contributed by atoms with Gasteiger partial charge in [-0.15, -0.1) is 0 Å². The van der Waals surface area contributed by atoms with Crippen LogP contribution in [0.4, 0.5) is 10.5 Å². The molecule has 0 atom stereocenters. The van der Waals surface area contributed by atoms with Gasteiger partial charge in [0.05, 0.1) is 18.4 Å². The standard InChI is InChI=1S/C27H32N4O5/c1-18-4-7-20(8-5-18)17-30-14-15-31(25(33)24(30)32)21-10-12-29(13-11-21)27(35)28-23-16-19(2)6-9-22(23)26(34)36-3/h4-9,16,21H,10-15,17H2,1-3H3,(H,28,35). The summed E-state index contributed by atoms with van der Waals surface area (Å²) in [6.07, 6.45) is 1.17. The van der Waals surface area contributed by atoms with Gasteiger partial charge < -0.3 is 24.8 Å². The average Bonchev–Trinajstić information content (AvgIpc) is 2.88. The molecule has 0 saturated carbocycles. The van der Waals surface area contributed by atoms with Crippen molar-refractivity contribution in [3.05, 3.63) is 64.7 Å². The van der Waals surface area contributed by atoms with Gasteiger partial charge in [-0.25, -0.2) is 9.59 Å². The van der Waals surface area contributed by atoms with E-state index in [0.717, 1.165) is 16.7 Å². The number of likely N-dealkylation sites (tertiary alicyclic amines) is 1. The van der Waals surface area contributed by atoms with Crippen LogP contribution in [-0.2, 0) is 20.9 Å². The van der Waals surface area contributed by atoms with E-state index < -0.39 is 17.8 Å². The van der Waals surface area contributed by atoms with Gasteiger partial charge in [0.2, 0.25) is 0 Å². The second kappa shape index (κ2) is 10.8. The Kier molecular flexibility index (Phi) is 7.57. The third-order valence-electron chi connectivity index (χ3n) is 6.85. The van der Waals surface area contributed by atoms with Crippen LogP contribution in [0.15, 0.2) is 42.5 Å². The van der Waals surface area contributed by atoms with Gasteiger partial charge in [-0.2, -0.15) is 0 Å². The fraction of sp³-hybridized carbons (Fsp3) is 0.407. The molecular weight excluding hydrogens is 460 g/mol. The predicted octanol–water partition coefficient (Wildman–Crippen LogP) is 2.96. The highest BCUT2D eigenvalue weighted by atomic mass is 16.5. The van der Waals surface area contributed by atoms with E-state index in [1.54, 1.807) is 32.9 Å². The number of piperidine rings is 1. The molecule has 2 fully saturated rings. The highest BCUT2D eigenvalue weighted by Gasteiger charge is 2.38. The van der Waals surface area contributed by atoms with Crippen molar-refractivity contribution >= 4 is 29.5 Å². The van der Waals surface area contributed by atoms with E-state index in [2.05, 4.69) is 5.32 Å². The molecule has 9 heteroatoms. The lowest BCUT2D eigenvalue weighted by Crippen LogP contribution is -2.59. The minimum atomic E-state index is -0.520. The number of hydrogen-bond acceptors (Lipinski definition) is 5. The maximum absolute atomic E-state index is 12.9. The molecule has 0 radical (unpaired) electrons. The summed E-state index contributed by atoms with van der Waals surface area (Å²) in [7, 11) is 1.30. The molecule has 2 aliphatic rings. The fourth-order valence-corrected chi connectivity index (χ4v) is 4.73. The number of nitrogens with one attached hydrogen (secondary N) is 1. The quantitative estimate of drug-likeness (QED) is 0.511. The maximum Gasteiger partial charge on any atom is 0.339 e. The Morgan fingerprint density at radius 1 is 0.917 bits per heavy atom. The highest BCUT2D eigenvalue weighted by Crippen LogP contribution is 2.23. The molecule has 36 heavy (non-hydrogen) atoms. The molecule has 0 unspecified atom stereocenters. The number of aryl methyl sites for hydroxylation is 2. The number of nitrogens with zero attached hydrogens (tertiary/aromatic N) is 3. The minimum Gasteiger partial charge on any atom is -0.465 e. The minimum absolute atomic E-state index is 0.0865. The van der Waals surface area contributed by atoms with Gasteiger partial charge >= 0.3 is 23.8 Å². The SMILES string of the molecule is COC(=O)c1ccc(C)cc1NC(=O)N1CCC(N2CCN(Cc3ccc(C)cc3)C(=O)C2=O)CC1. The summed E-state index contributed by atoms with van der Waals surface area (Å²) in [4.78, 5) is 55.6. The lowest BCUT2D eigenvalue weighted by molar-refractivity contribution is -0.158. The molecule has 1 N–H and O–H groups in total. The second-order valence-corrected chi connectivity index (χ2v) is 9.40. The van der Waals surface area contributed by atoms with E-state index in [4.69, 9.17) is 4.74 Å². The number of methoxy groups -OCH3 is 1. The molecule has 0 bridgehead atoms. The first-order valence-electron chi connectivity index (χ1n) is 12.2. The molecule has 0 aliphatic carbocycles. The maximum atomic E-state index is 12.9. The molecule has 2 aromatic rings. The first-order chi connectivity index (χ1) is 17.3. The monoisotopic (exact) mass is 492 g/mol. The number of esters is 1. The van der Waals surface area contributed by atoms with Gasteiger partial charge in [0.1, 0.15) is 0 Å². The van der Waals surface area contributed by atoms with Crippen LogP contribution in [0.25, 0.3) is 0 Å². The molecule has 0 spiro atoms. The molecule has 2 saturated heterocycles. The molecule has 0 aromatic heterocycles. The van der Waals surface area contributed by atoms with Crippen LogP contribution in [0.1, 0.15) is 39.9 Å². The third-order valence-corrected chi connectivity index (χ3v) is 6.85. The molecule has 2 heterocycles. The number of benzene rings is 2. The Bertz CT molecular complexity index is 1160. The zero-order chi connectivity index (χ0) is 25.8. The van der Waals surface area contributed by atoms with Crippen molar-refractivity contribution < 1.29 is 23.9 Å². The largest absolute Gasteiger partial charge is 0.465 e. The number of carbonyl (C=O) groups is 4. The van der Waals surface area contributed by atoms with Crippen LogP contribution < -0.4 is 5.32 Å². The van der Waals surface area contributed by atoms with E-state index in [1.165, 1.54) is 7.11 Å². The molecule has 9 nitrogen and oxygen atoms in total. The number of amides is 4. The summed E-state index contributed by atoms with van der Waals surface area (Å²) in [6.45, 7) is 6.17. The van der Waals surface area contributed by atoms with Gasteiger partial charge in [0.15, 0.2) is 0 Å². The summed E-state index contributed by atoms with van der Waals surface area (Å²) in [5.74, 6) is -1.47. The van der Waals surface area contributed by atoms with E-state index in [0.29, 0.717) is 56.8 Å². The molecule has 4 amide bonds. The molecular formula is C27H32N4O5. The topological polar surface area (TPSA) is 99.3 Å². The van der Waals surface area contributed by atoms with E-state index in [9.17, 15) is 19.2 Å². The van der Waals surface area contributed by atoms with Gasteiger partial charge in [0, 0.05) is 38.8 Å². The smallest absolute Gasteiger partial charge is 0.339 e. The zero-order valence-corrected chi connectivity index (χ0v) is 21.0. The summed E-state index contributed by atoms with van der Waals surface area (Å²) in [6, 6.07) is 12.7. The number of hydrogen-bond donors (Lipinski definition) is 1. The molecule has 2 aromatic carbocycles. The molecule has 4 rings (SSSR count). The first-order valence-corrected chi connectivity index (χ1v) is 12.2. The van der Waals surface area contributed by atoms with E-state index in [1.807, 2.05) is 38.1 Å². The summed E-state index contributed by atoms with van der Waals surface area (Å²) >= 11 is 0. The van der Waals surface area contributed by atoms with Crippen LogP contribution in [0.2, 0.25) is 0 Å². The summed E-state index contributed by atoms with van der Waals surface area (Å²) in [5, 5.41) is 2.82. The number of piperazine rings is 1. The van der Waals surface area contributed by atoms with Crippen molar-refractivity contribution in [2.45, 2.75) is 39.3 Å². The molecule has 190 valence electrons. The predicted molar refractivity (Wildman–Crippen MR) is 134 cm³/mol. The average molecular weight is 493 g/mol. The lowest BCUT2D eigenvalue weighted by Gasteiger charge is -2.42. The Hall–Kier alpha value is -3.88. The van der Waals surface area contributed by atoms with Gasteiger partial charge in [-0.3, -0.25) is 9.59 Å². The van der Waals surface area contributed by atoms with Crippen LogP contribution in [0.5, 0.6) is 0 Å². The van der Waals surface area contributed by atoms with Gasteiger partial charge in [-0.1, -0.05) is 35.9 Å². The van der Waals surface area contributed by atoms with Crippen molar-refractivity contribution in [3.63, 3.8) is 0 Å². The van der Waals surface area contributed by atoms with Gasteiger partial charge in [-0.05, 0) is 49.9 Å². The number of urea groups is 1. The number of anilines is 1. The van der Waals surface area contributed by atoms with Crippen molar-refractivity contribution in [3.8, 4) is 0 Å². The third kappa shape index (κ3) is 5.50. The van der Waals surface area contributed by atoms with Crippen molar-refractivity contribution in [2.75, 3.05) is 38.6 Å². The van der Waals surface area contributed by atoms with Crippen molar-refractivity contribution in [2.24, 2.45) is 0 Å². The van der Waals surface area contributed by atoms with E-state index in [-0.39, 0.29) is 12.1 Å². The number of rotatable bonds is 5. The fourth-order valence-electron chi connectivity index (χ4n) is 4.73. The number of ether oxygens (including phenoxy) is 1. The molecule has 2 aliphatic heterocycles. The number of carbonyl (C=O) groups excluding carboxylic acids is 4. The van der Waals surface area contributed by atoms with Crippen LogP contribution >= 0.6 is 0 Å². The highest BCUT2D eigenvalue weighted by molar-refractivity contribution is 6.35.